The summed E-state index contributed by atoms with van der Waals surface area (Å²) in [6, 6.07) is 0. The molecule has 2 aliphatic rings. The highest BCUT2D eigenvalue weighted by Gasteiger charge is 2.17. The average molecular weight is 275 g/mol. The van der Waals surface area contributed by atoms with E-state index in [0.29, 0.717) is 11.8 Å². The van der Waals surface area contributed by atoms with Gasteiger partial charge in [0, 0.05) is 55.2 Å². The van der Waals surface area contributed by atoms with Crippen molar-refractivity contribution in [2.24, 2.45) is 0 Å². The third-order valence-electron chi connectivity index (χ3n) is 2.99. The molecule has 1 amide bonds. The number of thioether (sulfide) groups is 2. The van der Waals surface area contributed by atoms with Gasteiger partial charge in [-0.2, -0.15) is 23.5 Å². The van der Waals surface area contributed by atoms with Crippen LogP contribution in [0.3, 0.4) is 0 Å². The summed E-state index contributed by atoms with van der Waals surface area (Å²) in [6.07, 6.45) is 0. The van der Waals surface area contributed by atoms with Crippen LogP contribution < -0.4 is 10.6 Å². The zero-order valence-electron chi connectivity index (χ0n) is 10.1. The van der Waals surface area contributed by atoms with Gasteiger partial charge < -0.3 is 10.6 Å². The summed E-state index contributed by atoms with van der Waals surface area (Å²) < 4.78 is 0. The molecular weight excluding hydrogens is 254 g/mol. The molecule has 0 spiro atoms. The zero-order valence-corrected chi connectivity index (χ0v) is 11.7. The molecule has 0 aliphatic carbocycles. The van der Waals surface area contributed by atoms with Crippen LogP contribution in [0.15, 0.2) is 0 Å². The second kappa shape index (κ2) is 7.51. The van der Waals surface area contributed by atoms with E-state index in [0.717, 1.165) is 32.7 Å². The smallest absolute Gasteiger partial charge is 0.234 e. The summed E-state index contributed by atoms with van der Waals surface area (Å²) in [7, 11) is 0. The first-order valence-electron chi connectivity index (χ1n) is 6.24. The molecular formula is C11H21N3OS2. The van der Waals surface area contributed by atoms with E-state index in [1.165, 1.54) is 17.3 Å². The highest BCUT2D eigenvalue weighted by atomic mass is 32.2. The van der Waals surface area contributed by atoms with Gasteiger partial charge in [0.05, 0.1) is 6.54 Å². The lowest BCUT2D eigenvalue weighted by Gasteiger charge is -2.27. The Morgan fingerprint density at radius 2 is 2.18 bits per heavy atom. The molecule has 1 unspecified atom stereocenters. The van der Waals surface area contributed by atoms with Gasteiger partial charge >= 0.3 is 0 Å². The molecule has 17 heavy (non-hydrogen) atoms. The van der Waals surface area contributed by atoms with Crippen LogP contribution in [-0.2, 0) is 4.79 Å². The van der Waals surface area contributed by atoms with Crippen molar-refractivity contribution in [2.45, 2.75) is 5.25 Å². The molecule has 0 bridgehead atoms. The largest absolute Gasteiger partial charge is 0.354 e. The fourth-order valence-corrected chi connectivity index (χ4v) is 4.62. The molecule has 6 heteroatoms. The van der Waals surface area contributed by atoms with Gasteiger partial charge in [0.15, 0.2) is 0 Å². The number of nitrogens with one attached hydrogen (secondary N) is 2. The number of carbonyl (C=O) groups excluding carboxylic acids is 1. The molecule has 0 saturated carbocycles. The van der Waals surface area contributed by atoms with Crippen molar-refractivity contribution in [3.63, 3.8) is 0 Å². The van der Waals surface area contributed by atoms with Crippen molar-refractivity contribution in [1.29, 1.82) is 0 Å². The van der Waals surface area contributed by atoms with Gasteiger partial charge in [0.2, 0.25) is 5.91 Å². The van der Waals surface area contributed by atoms with E-state index in [1.807, 2.05) is 23.5 Å². The van der Waals surface area contributed by atoms with Crippen molar-refractivity contribution in [2.75, 3.05) is 56.5 Å². The lowest BCUT2D eigenvalue weighted by atomic mass is 10.3. The van der Waals surface area contributed by atoms with E-state index in [1.54, 1.807) is 0 Å². The molecule has 0 aromatic carbocycles. The van der Waals surface area contributed by atoms with E-state index in [4.69, 9.17) is 0 Å². The highest BCUT2D eigenvalue weighted by molar-refractivity contribution is 8.06. The lowest BCUT2D eigenvalue weighted by molar-refractivity contribution is -0.122. The highest BCUT2D eigenvalue weighted by Crippen LogP contribution is 2.23. The first-order chi connectivity index (χ1) is 8.34. The van der Waals surface area contributed by atoms with Gasteiger partial charge in [-0.15, -0.1) is 0 Å². The maximum Gasteiger partial charge on any atom is 0.234 e. The predicted octanol–water partition coefficient (Wildman–Crippen LogP) is -0.144. The van der Waals surface area contributed by atoms with Crippen molar-refractivity contribution in [1.82, 2.24) is 15.5 Å². The van der Waals surface area contributed by atoms with Crippen molar-refractivity contribution in [3.8, 4) is 0 Å². The molecule has 2 saturated heterocycles. The van der Waals surface area contributed by atoms with Crippen molar-refractivity contribution >= 4 is 29.4 Å². The molecule has 0 aromatic heterocycles. The van der Waals surface area contributed by atoms with Crippen LogP contribution in [0.2, 0.25) is 0 Å². The fourth-order valence-electron chi connectivity index (χ4n) is 2.01. The third kappa shape index (κ3) is 5.07. The topological polar surface area (TPSA) is 44.4 Å². The Labute approximate surface area is 112 Å². The van der Waals surface area contributed by atoms with E-state index in [2.05, 4.69) is 15.5 Å². The first-order valence-corrected chi connectivity index (χ1v) is 8.44. The molecule has 2 N–H and O–H groups in total. The summed E-state index contributed by atoms with van der Waals surface area (Å²) in [5.41, 5.74) is 0. The molecule has 2 heterocycles. The van der Waals surface area contributed by atoms with Gasteiger partial charge in [0.25, 0.3) is 0 Å². The SMILES string of the molecule is O=C(CN1CCNCC1)NCC1CSCCS1. The second-order valence-electron chi connectivity index (χ2n) is 4.40. The molecule has 1 atom stereocenters. The van der Waals surface area contributed by atoms with Gasteiger partial charge in [-0.1, -0.05) is 0 Å². The number of piperazine rings is 1. The Kier molecular flexibility index (Phi) is 5.97. The molecule has 2 fully saturated rings. The Morgan fingerprint density at radius 1 is 1.35 bits per heavy atom. The van der Waals surface area contributed by atoms with E-state index in [9.17, 15) is 4.79 Å². The van der Waals surface area contributed by atoms with Crippen LogP contribution in [0.5, 0.6) is 0 Å². The zero-order chi connectivity index (χ0) is 11.9. The molecule has 98 valence electrons. The summed E-state index contributed by atoms with van der Waals surface area (Å²) in [4.78, 5) is 14.0. The average Bonchev–Trinajstić information content (AvgIpc) is 2.39. The van der Waals surface area contributed by atoms with Gasteiger partial charge in [-0.05, 0) is 0 Å². The Bertz CT molecular complexity index is 241. The molecule has 2 rings (SSSR count). The second-order valence-corrected chi connectivity index (χ2v) is 6.96. The number of hydrogen-bond acceptors (Lipinski definition) is 5. The van der Waals surface area contributed by atoms with E-state index >= 15 is 0 Å². The number of amides is 1. The summed E-state index contributed by atoms with van der Waals surface area (Å²) >= 11 is 3.99. The number of carbonyl (C=O) groups is 1. The van der Waals surface area contributed by atoms with Crippen LogP contribution in [0, 0.1) is 0 Å². The van der Waals surface area contributed by atoms with E-state index < -0.39 is 0 Å². The molecule has 4 nitrogen and oxygen atoms in total. The van der Waals surface area contributed by atoms with Crippen LogP contribution in [0.4, 0.5) is 0 Å². The molecule has 0 radical (unpaired) electrons. The van der Waals surface area contributed by atoms with Crippen LogP contribution in [-0.4, -0.2) is 72.6 Å². The monoisotopic (exact) mass is 275 g/mol. The minimum atomic E-state index is 0.183. The summed E-state index contributed by atoms with van der Waals surface area (Å²) in [6.45, 7) is 5.38. The minimum absolute atomic E-state index is 0.183. The predicted molar refractivity (Wildman–Crippen MR) is 75.9 cm³/mol. The van der Waals surface area contributed by atoms with Gasteiger partial charge in [-0.3, -0.25) is 9.69 Å². The normalized spacial score (nSPS) is 26.7. The van der Waals surface area contributed by atoms with E-state index in [-0.39, 0.29) is 5.91 Å². The standard InChI is InChI=1S/C11H21N3OS2/c15-11(8-14-3-1-12-2-4-14)13-7-10-9-16-5-6-17-10/h10,12H,1-9H2,(H,13,15). The van der Waals surface area contributed by atoms with Crippen LogP contribution in [0.25, 0.3) is 0 Å². The Morgan fingerprint density at radius 3 is 2.88 bits per heavy atom. The number of hydrogen-bond donors (Lipinski definition) is 2. The van der Waals surface area contributed by atoms with Gasteiger partial charge in [-0.25, -0.2) is 0 Å². The minimum Gasteiger partial charge on any atom is -0.354 e. The summed E-state index contributed by atoms with van der Waals surface area (Å²) in [5.74, 6) is 3.85. The number of nitrogens with zero attached hydrogens (tertiary/aromatic N) is 1. The fraction of sp³-hybridized carbons (Fsp3) is 0.909. The maximum absolute atomic E-state index is 11.8. The maximum atomic E-state index is 11.8. The van der Waals surface area contributed by atoms with Gasteiger partial charge in [0.1, 0.15) is 0 Å². The van der Waals surface area contributed by atoms with Crippen LogP contribution >= 0.6 is 23.5 Å². The molecule has 2 aliphatic heterocycles. The summed E-state index contributed by atoms with van der Waals surface area (Å²) in [5, 5.41) is 6.97. The number of rotatable bonds is 4. The lowest BCUT2D eigenvalue weighted by Crippen LogP contribution is -2.48. The van der Waals surface area contributed by atoms with Crippen molar-refractivity contribution < 1.29 is 4.79 Å². The quantitative estimate of drug-likeness (QED) is 0.747. The van der Waals surface area contributed by atoms with Crippen molar-refractivity contribution in [3.05, 3.63) is 0 Å². The third-order valence-corrected chi connectivity index (χ3v) is 5.83. The van der Waals surface area contributed by atoms with Crippen LogP contribution in [0.1, 0.15) is 0 Å². The Balaban J connectivity index is 1.59. The Hall–Kier alpha value is 0.0900. The first kappa shape index (κ1) is 13.5. The molecule has 0 aromatic rings.